The van der Waals surface area contributed by atoms with E-state index in [-0.39, 0.29) is 10.8 Å². The lowest BCUT2D eigenvalue weighted by Gasteiger charge is -2.11. The Labute approximate surface area is 127 Å². The summed E-state index contributed by atoms with van der Waals surface area (Å²) in [6, 6.07) is 14.5. The standard InChI is InChI=1S/C15H14N2O4S/c1-21-12-6-8-13(9-7-12)22(19,20)16-17-14-5-3-2-4-11(14)10-15(17)18/h2-10,16,18H,1H3. The molecule has 0 saturated carbocycles. The normalized spacial score (nSPS) is 11.5. The highest BCUT2D eigenvalue weighted by Gasteiger charge is 2.17. The minimum atomic E-state index is -3.82. The molecular formula is C15H14N2O4S. The SMILES string of the molecule is COc1ccc(S(=O)(=O)Nn2c(O)cc3ccccc32)cc1. The van der Waals surface area contributed by atoms with Gasteiger partial charge in [-0.3, -0.25) is 0 Å². The number of benzene rings is 2. The molecule has 3 rings (SSSR count). The predicted molar refractivity (Wildman–Crippen MR) is 83.1 cm³/mol. The second kappa shape index (κ2) is 5.27. The van der Waals surface area contributed by atoms with E-state index in [0.29, 0.717) is 11.3 Å². The van der Waals surface area contributed by atoms with Crippen molar-refractivity contribution in [2.75, 3.05) is 11.9 Å². The van der Waals surface area contributed by atoms with Gasteiger partial charge in [0.1, 0.15) is 5.75 Å². The molecule has 3 aromatic rings. The van der Waals surface area contributed by atoms with Gasteiger partial charge in [0.25, 0.3) is 10.0 Å². The number of hydrogen-bond acceptors (Lipinski definition) is 4. The van der Waals surface area contributed by atoms with Crippen LogP contribution in [0.5, 0.6) is 11.6 Å². The second-order valence-electron chi connectivity index (χ2n) is 4.67. The highest BCUT2D eigenvalue weighted by atomic mass is 32.2. The molecule has 7 heteroatoms. The third-order valence-electron chi connectivity index (χ3n) is 3.27. The lowest BCUT2D eigenvalue weighted by molar-refractivity contribution is 0.414. The van der Waals surface area contributed by atoms with Gasteiger partial charge < -0.3 is 9.84 Å². The molecular weight excluding hydrogens is 304 g/mol. The molecule has 0 spiro atoms. The number of aromatic nitrogens is 1. The molecule has 2 aromatic carbocycles. The van der Waals surface area contributed by atoms with Crippen LogP contribution in [0.1, 0.15) is 0 Å². The van der Waals surface area contributed by atoms with E-state index in [4.69, 9.17) is 4.74 Å². The van der Waals surface area contributed by atoms with Crippen molar-refractivity contribution >= 4 is 20.9 Å². The molecule has 0 unspecified atom stereocenters. The number of methoxy groups -OCH3 is 1. The molecule has 0 saturated heterocycles. The van der Waals surface area contributed by atoms with E-state index in [1.807, 2.05) is 6.07 Å². The van der Waals surface area contributed by atoms with E-state index < -0.39 is 10.0 Å². The molecule has 114 valence electrons. The van der Waals surface area contributed by atoms with Crippen LogP contribution in [0, 0.1) is 0 Å². The first-order chi connectivity index (χ1) is 10.5. The van der Waals surface area contributed by atoms with Gasteiger partial charge in [-0.2, -0.15) is 8.42 Å². The van der Waals surface area contributed by atoms with Crippen LogP contribution in [-0.4, -0.2) is 25.3 Å². The zero-order chi connectivity index (χ0) is 15.7. The summed E-state index contributed by atoms with van der Waals surface area (Å²) in [5.74, 6) is 0.381. The Bertz CT molecular complexity index is 914. The van der Waals surface area contributed by atoms with Crippen molar-refractivity contribution in [1.82, 2.24) is 4.68 Å². The fourth-order valence-corrected chi connectivity index (χ4v) is 3.20. The van der Waals surface area contributed by atoms with Crippen molar-refractivity contribution in [2.45, 2.75) is 4.90 Å². The van der Waals surface area contributed by atoms with Crippen LogP contribution in [0.25, 0.3) is 10.9 Å². The number of nitrogens with one attached hydrogen (secondary N) is 1. The monoisotopic (exact) mass is 318 g/mol. The Hall–Kier alpha value is -2.67. The summed E-state index contributed by atoms with van der Waals surface area (Å²) in [6.45, 7) is 0. The summed E-state index contributed by atoms with van der Waals surface area (Å²) in [7, 11) is -2.32. The maximum Gasteiger partial charge on any atom is 0.275 e. The predicted octanol–water partition coefficient (Wildman–Crippen LogP) is 2.29. The van der Waals surface area contributed by atoms with Crippen LogP contribution in [0.4, 0.5) is 0 Å². The summed E-state index contributed by atoms with van der Waals surface area (Å²) >= 11 is 0. The van der Waals surface area contributed by atoms with E-state index >= 15 is 0 Å². The topological polar surface area (TPSA) is 80.6 Å². The highest BCUT2D eigenvalue weighted by Crippen LogP contribution is 2.24. The van der Waals surface area contributed by atoms with Crippen LogP contribution < -0.4 is 9.57 Å². The molecule has 0 aliphatic carbocycles. The first-order valence-corrected chi connectivity index (χ1v) is 7.96. The van der Waals surface area contributed by atoms with Crippen molar-refractivity contribution < 1.29 is 18.3 Å². The quantitative estimate of drug-likeness (QED) is 0.773. The van der Waals surface area contributed by atoms with Crippen LogP contribution in [0.2, 0.25) is 0 Å². The number of aromatic hydroxyl groups is 1. The zero-order valence-corrected chi connectivity index (χ0v) is 12.5. The molecule has 0 radical (unpaired) electrons. The minimum absolute atomic E-state index is 0.0745. The van der Waals surface area contributed by atoms with Crippen molar-refractivity contribution in [3.05, 3.63) is 54.6 Å². The van der Waals surface area contributed by atoms with Gasteiger partial charge in [0.05, 0.1) is 17.5 Å². The van der Waals surface area contributed by atoms with Crippen LogP contribution in [0.15, 0.2) is 59.5 Å². The van der Waals surface area contributed by atoms with Crippen LogP contribution in [-0.2, 0) is 10.0 Å². The van der Waals surface area contributed by atoms with E-state index in [1.54, 1.807) is 30.3 Å². The van der Waals surface area contributed by atoms with Crippen molar-refractivity contribution in [3.8, 4) is 11.6 Å². The fourth-order valence-electron chi connectivity index (χ4n) is 2.16. The summed E-state index contributed by atoms with van der Waals surface area (Å²) in [4.78, 5) is 2.44. The van der Waals surface area contributed by atoms with Crippen LogP contribution >= 0.6 is 0 Å². The van der Waals surface area contributed by atoms with Gasteiger partial charge in [-0.1, -0.05) is 18.2 Å². The number of para-hydroxylation sites is 1. The number of nitrogens with zero attached hydrogens (tertiary/aromatic N) is 1. The largest absolute Gasteiger partial charge is 0.497 e. The van der Waals surface area contributed by atoms with Gasteiger partial charge in [-0.15, -0.1) is 0 Å². The van der Waals surface area contributed by atoms with E-state index in [2.05, 4.69) is 4.83 Å². The maximum absolute atomic E-state index is 12.4. The molecule has 22 heavy (non-hydrogen) atoms. The molecule has 0 fully saturated rings. The average Bonchev–Trinajstić information content (AvgIpc) is 2.83. The molecule has 2 N–H and O–H groups in total. The summed E-state index contributed by atoms with van der Waals surface area (Å²) < 4.78 is 31.0. The Balaban J connectivity index is 2.00. The minimum Gasteiger partial charge on any atom is -0.497 e. The summed E-state index contributed by atoms with van der Waals surface area (Å²) in [6.07, 6.45) is 0. The van der Waals surface area contributed by atoms with Gasteiger partial charge in [0.15, 0.2) is 0 Å². The van der Waals surface area contributed by atoms with E-state index in [9.17, 15) is 13.5 Å². The van der Waals surface area contributed by atoms with Crippen molar-refractivity contribution in [3.63, 3.8) is 0 Å². The Morgan fingerprint density at radius 3 is 2.45 bits per heavy atom. The number of hydrogen-bond donors (Lipinski definition) is 2. The van der Waals surface area contributed by atoms with Gasteiger partial charge >= 0.3 is 0 Å². The molecule has 0 atom stereocenters. The first-order valence-electron chi connectivity index (χ1n) is 6.47. The molecule has 1 heterocycles. The smallest absolute Gasteiger partial charge is 0.275 e. The molecule has 0 amide bonds. The third kappa shape index (κ3) is 2.46. The lowest BCUT2D eigenvalue weighted by atomic mass is 10.3. The second-order valence-corrected chi connectivity index (χ2v) is 6.33. The Kier molecular flexibility index (Phi) is 3.42. The van der Waals surface area contributed by atoms with E-state index in [1.165, 1.54) is 25.3 Å². The molecule has 0 bridgehead atoms. The fraction of sp³-hybridized carbons (Fsp3) is 0.0667. The van der Waals surface area contributed by atoms with Gasteiger partial charge in [0.2, 0.25) is 5.88 Å². The highest BCUT2D eigenvalue weighted by molar-refractivity contribution is 7.92. The summed E-state index contributed by atoms with van der Waals surface area (Å²) in [5.41, 5.74) is 0.567. The summed E-state index contributed by atoms with van der Waals surface area (Å²) in [5, 5.41) is 10.7. The van der Waals surface area contributed by atoms with Gasteiger partial charge in [-0.05, 0) is 30.3 Å². The molecule has 0 aliphatic rings. The molecule has 1 aromatic heterocycles. The van der Waals surface area contributed by atoms with Crippen molar-refractivity contribution in [2.24, 2.45) is 0 Å². The zero-order valence-electron chi connectivity index (χ0n) is 11.7. The maximum atomic E-state index is 12.4. The Morgan fingerprint density at radius 1 is 1.09 bits per heavy atom. The van der Waals surface area contributed by atoms with E-state index in [0.717, 1.165) is 10.1 Å². The average molecular weight is 318 g/mol. The van der Waals surface area contributed by atoms with Gasteiger partial charge in [-0.25, -0.2) is 9.51 Å². The van der Waals surface area contributed by atoms with Crippen molar-refractivity contribution in [1.29, 1.82) is 0 Å². The van der Waals surface area contributed by atoms with Gasteiger partial charge in [0, 0.05) is 11.5 Å². The van der Waals surface area contributed by atoms with Crippen LogP contribution in [0.3, 0.4) is 0 Å². The first kappa shape index (κ1) is 14.3. The molecule has 6 nitrogen and oxygen atoms in total. The lowest BCUT2D eigenvalue weighted by Crippen LogP contribution is -2.22. The third-order valence-corrected chi connectivity index (χ3v) is 4.59. The Morgan fingerprint density at radius 2 is 1.77 bits per heavy atom. The number of sulfonamides is 1. The number of fused-ring (bicyclic) bond motifs is 1. The molecule has 0 aliphatic heterocycles. The number of rotatable bonds is 4. The number of ether oxygens (including phenoxy) is 1.